The maximum absolute atomic E-state index is 6.72. The van der Waals surface area contributed by atoms with E-state index in [1.165, 1.54) is 0 Å². The Balaban J connectivity index is 1.45. The highest BCUT2D eigenvalue weighted by molar-refractivity contribution is 6.00. The topological polar surface area (TPSA) is 131 Å². The number of nitrogens with zero attached hydrogens (tertiary/aromatic N) is 2. The summed E-state index contributed by atoms with van der Waals surface area (Å²) in [6, 6.07) is 33.9. The molecule has 2 aliphatic rings. The van der Waals surface area contributed by atoms with E-state index in [4.69, 9.17) is 47.9 Å². The Labute approximate surface area is 574 Å². The van der Waals surface area contributed by atoms with Crippen LogP contribution in [0.1, 0.15) is 185 Å². The molecular weight excluding hydrogens is 1190 g/mol. The number of hydrogen-bond donors (Lipinski definition) is 2. The highest BCUT2D eigenvalue weighted by Crippen LogP contribution is 2.44. The van der Waals surface area contributed by atoms with Crippen molar-refractivity contribution in [3.63, 3.8) is 0 Å². The Morgan fingerprint density at radius 1 is 0.250 bits per heavy atom. The lowest BCUT2D eigenvalue weighted by atomic mass is 10.0. The molecule has 8 bridgehead atoms. The molecule has 2 aliphatic heterocycles. The number of hydrogen-bond acceptors (Lipinski definition) is 10. The fourth-order valence-corrected chi connectivity index (χ4v) is 10.8. The van der Waals surface area contributed by atoms with Gasteiger partial charge in [0.2, 0.25) is 0 Å². The molecular formula is C84H110N4O8. The van der Waals surface area contributed by atoms with E-state index in [9.17, 15) is 0 Å². The molecule has 0 saturated heterocycles. The number of nitrogens with one attached hydrogen (secondary N) is 2. The number of benzene rings is 4. The maximum atomic E-state index is 6.72. The number of aromatic nitrogens is 4. The summed E-state index contributed by atoms with van der Waals surface area (Å²) in [7, 11) is 0. The van der Waals surface area contributed by atoms with Gasteiger partial charge in [0.05, 0.1) is 75.6 Å². The van der Waals surface area contributed by atoms with Gasteiger partial charge in [0.25, 0.3) is 0 Å². The predicted molar refractivity (Wildman–Crippen MR) is 400 cm³/mol. The molecule has 0 radical (unpaired) electrons. The summed E-state index contributed by atoms with van der Waals surface area (Å²) in [5.41, 5.74) is 13.4. The van der Waals surface area contributed by atoms with Crippen LogP contribution in [0.15, 0.2) is 97.1 Å². The molecule has 514 valence electrons. The molecule has 0 spiro atoms. The molecule has 96 heavy (non-hydrogen) atoms. The maximum Gasteiger partial charge on any atom is 0.123 e. The quantitative estimate of drug-likeness (QED) is 0.0391. The molecule has 8 atom stereocenters. The SMILES string of the molecule is CCC(C)COc1cc(OCC(C)CC)cc(-c2c3nc(c(-c4cc(OCC(C)CC)cc(OCC(C)CC)c4)c4ccc([nH]4)c(-c4cc(OCC(C)CC)cc(OCC(C)CC)c4)c4nc(c(-c5cc(OCC(C)CC)cc(OCC(C)CC)c5)c5ccc2[nH]5)C=C4)C=C3)c1. The number of H-pyrrole nitrogens is 2. The van der Waals surface area contributed by atoms with Crippen molar-refractivity contribution in [1.82, 2.24) is 19.9 Å². The first kappa shape index (κ1) is 72.2. The van der Waals surface area contributed by atoms with Gasteiger partial charge >= 0.3 is 0 Å². The third kappa shape index (κ3) is 19.1. The Hall–Kier alpha value is -8.12. The second-order valence-electron chi connectivity index (χ2n) is 27.9. The van der Waals surface area contributed by atoms with E-state index < -0.39 is 0 Å². The number of fused-ring (bicyclic) bond motifs is 8. The van der Waals surface area contributed by atoms with Crippen LogP contribution in [0.4, 0.5) is 0 Å². The fourth-order valence-electron chi connectivity index (χ4n) is 10.8. The highest BCUT2D eigenvalue weighted by atomic mass is 16.5. The second-order valence-corrected chi connectivity index (χ2v) is 27.9. The summed E-state index contributed by atoms with van der Waals surface area (Å²) in [6.45, 7) is 39.9. The zero-order valence-corrected chi connectivity index (χ0v) is 60.6. The van der Waals surface area contributed by atoms with Crippen LogP contribution >= 0.6 is 0 Å². The summed E-state index contributed by atoms with van der Waals surface area (Å²) >= 11 is 0. The van der Waals surface area contributed by atoms with Crippen molar-refractivity contribution in [1.29, 1.82) is 0 Å². The van der Waals surface area contributed by atoms with E-state index in [1.807, 2.05) is 24.3 Å². The van der Waals surface area contributed by atoms with Crippen LogP contribution in [0.25, 0.3) is 90.9 Å². The zero-order valence-electron chi connectivity index (χ0n) is 60.6. The van der Waals surface area contributed by atoms with Gasteiger partial charge in [-0.05, 0) is 167 Å². The van der Waals surface area contributed by atoms with Gasteiger partial charge in [-0.15, -0.1) is 0 Å². The molecule has 12 nitrogen and oxygen atoms in total. The summed E-state index contributed by atoms with van der Waals surface area (Å²) in [4.78, 5) is 19.7. The summed E-state index contributed by atoms with van der Waals surface area (Å²) in [6.07, 6.45) is 16.5. The fraction of sp³-hybridized carbons (Fsp3) is 0.476. The molecule has 7 aromatic rings. The van der Waals surface area contributed by atoms with Crippen molar-refractivity contribution in [2.45, 2.75) is 162 Å². The third-order valence-electron chi connectivity index (χ3n) is 19.3. The summed E-state index contributed by atoms with van der Waals surface area (Å²) < 4.78 is 53.8. The van der Waals surface area contributed by atoms with Gasteiger partial charge in [0, 0.05) is 68.6 Å². The first-order chi connectivity index (χ1) is 46.4. The minimum Gasteiger partial charge on any atom is -0.493 e. The van der Waals surface area contributed by atoms with Crippen LogP contribution in [0.5, 0.6) is 46.0 Å². The van der Waals surface area contributed by atoms with E-state index in [1.54, 1.807) is 0 Å². The number of rotatable bonds is 36. The van der Waals surface area contributed by atoms with Gasteiger partial charge in [0.1, 0.15) is 46.0 Å². The Bertz CT molecular complexity index is 3310. The molecule has 0 amide bonds. The third-order valence-corrected chi connectivity index (χ3v) is 19.3. The highest BCUT2D eigenvalue weighted by Gasteiger charge is 2.24. The number of ether oxygens (including phenoxy) is 8. The van der Waals surface area contributed by atoms with E-state index in [0.717, 1.165) is 187 Å². The Morgan fingerprint density at radius 3 is 0.552 bits per heavy atom. The molecule has 0 aliphatic carbocycles. The van der Waals surface area contributed by atoms with E-state index in [0.29, 0.717) is 100 Å². The summed E-state index contributed by atoms with van der Waals surface area (Å²) in [5, 5.41) is 0. The first-order valence-corrected chi connectivity index (χ1v) is 36.2. The van der Waals surface area contributed by atoms with Gasteiger partial charge in [-0.25, -0.2) is 9.97 Å². The zero-order chi connectivity index (χ0) is 68.4. The molecule has 3 aromatic heterocycles. The van der Waals surface area contributed by atoms with Crippen molar-refractivity contribution in [2.24, 2.45) is 47.3 Å². The lowest BCUT2D eigenvalue weighted by Gasteiger charge is -2.17. The van der Waals surface area contributed by atoms with E-state index >= 15 is 0 Å². The van der Waals surface area contributed by atoms with E-state index in [2.05, 4.69) is 218 Å². The van der Waals surface area contributed by atoms with Crippen LogP contribution in [0.2, 0.25) is 0 Å². The smallest absolute Gasteiger partial charge is 0.123 e. The molecule has 2 N–H and O–H groups in total. The van der Waals surface area contributed by atoms with Gasteiger partial charge in [-0.1, -0.05) is 162 Å². The lowest BCUT2D eigenvalue weighted by molar-refractivity contribution is 0.244. The van der Waals surface area contributed by atoms with Crippen molar-refractivity contribution in [3.05, 3.63) is 120 Å². The standard InChI is InChI=1S/C84H110N4O8/c1-17-53(9)45-89-65-33-61(34-66(41-65)90-46-54(10)18-2)81-73-25-27-75(85-73)82(62-35-67(91-47-55(11)19-3)42-68(36-62)92-48-56(12)20-4)77-29-31-79(87-77)84(64-39-71(95-51-59(15)23-7)44-72(40-64)96-52-60(16)24-8)80-32-30-78(88-80)83(76-28-26-74(81)86-76)63-37-69(93-49-57(13)21-5)43-70(38-63)94-50-58(14)22-6/h25-44,53-60,85,88H,17-24,45-52H2,1-16H3. The van der Waals surface area contributed by atoms with Crippen molar-refractivity contribution < 1.29 is 37.9 Å². The van der Waals surface area contributed by atoms with Crippen LogP contribution in [0, 0.1) is 47.3 Å². The van der Waals surface area contributed by atoms with Crippen LogP contribution in [0.3, 0.4) is 0 Å². The first-order valence-electron chi connectivity index (χ1n) is 36.2. The minimum atomic E-state index is 0.346. The van der Waals surface area contributed by atoms with Crippen LogP contribution in [-0.4, -0.2) is 72.8 Å². The Kier molecular flexibility index (Phi) is 26.1. The molecule has 12 heteroatoms. The van der Waals surface area contributed by atoms with Crippen molar-refractivity contribution in [3.8, 4) is 90.5 Å². The van der Waals surface area contributed by atoms with E-state index in [-0.39, 0.29) is 0 Å². The summed E-state index contributed by atoms with van der Waals surface area (Å²) in [5.74, 6) is 8.58. The normalized spacial score (nSPS) is 14.5. The molecule has 8 unspecified atom stereocenters. The monoisotopic (exact) mass is 1300 g/mol. The predicted octanol–water partition coefficient (Wildman–Crippen LogP) is 22.7. The molecule has 9 rings (SSSR count). The molecule has 0 fully saturated rings. The van der Waals surface area contributed by atoms with Gasteiger partial charge in [-0.3, -0.25) is 0 Å². The van der Waals surface area contributed by atoms with Crippen molar-refractivity contribution in [2.75, 3.05) is 52.9 Å². The van der Waals surface area contributed by atoms with Crippen LogP contribution < -0.4 is 37.9 Å². The largest absolute Gasteiger partial charge is 0.493 e. The van der Waals surface area contributed by atoms with Crippen LogP contribution in [-0.2, 0) is 0 Å². The minimum absolute atomic E-state index is 0.346. The Morgan fingerprint density at radius 2 is 0.406 bits per heavy atom. The number of aromatic amines is 2. The van der Waals surface area contributed by atoms with Gasteiger partial charge in [0.15, 0.2) is 0 Å². The molecule has 0 saturated carbocycles. The molecule has 4 aromatic carbocycles. The van der Waals surface area contributed by atoms with Gasteiger partial charge in [-0.2, -0.15) is 0 Å². The molecule has 5 heterocycles. The van der Waals surface area contributed by atoms with Crippen molar-refractivity contribution >= 4 is 46.4 Å². The van der Waals surface area contributed by atoms with Gasteiger partial charge < -0.3 is 47.9 Å². The lowest BCUT2D eigenvalue weighted by Crippen LogP contribution is -2.09. The second kappa shape index (κ2) is 34.7. The average molecular weight is 1300 g/mol. The average Bonchev–Trinajstić information content (AvgIpc) is 1.59.